The molecule has 1 aliphatic heterocycles. The van der Waals surface area contributed by atoms with E-state index in [1.165, 1.54) is 5.57 Å². The number of aliphatic imine (C=N–C) groups is 1. The average molecular weight is 467 g/mol. The quantitative estimate of drug-likeness (QED) is 0.258. The number of carbonyl (C=O) groups is 1. The molecule has 6 heteroatoms. The molecule has 184 valence electrons. The van der Waals surface area contributed by atoms with Gasteiger partial charge in [0, 0.05) is 16.4 Å². The van der Waals surface area contributed by atoms with E-state index in [2.05, 4.69) is 38.7 Å². The van der Waals surface area contributed by atoms with Crippen LogP contribution in [0.4, 0.5) is 0 Å². The third kappa shape index (κ3) is 12.5. The SMILES string of the molecule is C=C1SCC(C(=O)OCC)NCCC(C)(C)CC1=NC/C(=C/C=C(\C)OC)CCC.CC. The Balaban J connectivity index is 0.00000466. The Morgan fingerprint density at radius 2 is 2.00 bits per heavy atom. The molecule has 1 rings (SSSR count). The van der Waals surface area contributed by atoms with E-state index < -0.39 is 0 Å². The molecule has 0 amide bonds. The summed E-state index contributed by atoms with van der Waals surface area (Å²) in [6, 6.07) is -0.320. The van der Waals surface area contributed by atoms with Crippen molar-refractivity contribution in [3.05, 3.63) is 35.0 Å². The molecule has 1 atom stereocenters. The number of esters is 1. The van der Waals surface area contributed by atoms with Crippen LogP contribution in [-0.2, 0) is 14.3 Å². The van der Waals surface area contributed by atoms with E-state index in [9.17, 15) is 4.79 Å². The highest BCUT2D eigenvalue weighted by molar-refractivity contribution is 8.04. The summed E-state index contributed by atoms with van der Waals surface area (Å²) in [6.07, 6.45) is 8.02. The Bertz CT molecular complexity index is 666. The second-order valence-electron chi connectivity index (χ2n) is 8.40. The molecule has 1 heterocycles. The van der Waals surface area contributed by atoms with Gasteiger partial charge >= 0.3 is 5.97 Å². The van der Waals surface area contributed by atoms with E-state index in [4.69, 9.17) is 14.5 Å². The molecule has 1 fully saturated rings. The lowest BCUT2D eigenvalue weighted by Gasteiger charge is -2.29. The summed E-state index contributed by atoms with van der Waals surface area (Å²) in [5.74, 6) is 1.29. The molecular weight excluding hydrogens is 420 g/mol. The largest absolute Gasteiger partial charge is 0.501 e. The number of hydrogen-bond donors (Lipinski definition) is 1. The van der Waals surface area contributed by atoms with Gasteiger partial charge < -0.3 is 14.8 Å². The lowest BCUT2D eigenvalue weighted by atomic mass is 9.83. The third-order valence-electron chi connectivity index (χ3n) is 5.08. The molecule has 32 heavy (non-hydrogen) atoms. The Morgan fingerprint density at radius 3 is 2.59 bits per heavy atom. The number of carbonyl (C=O) groups excluding carboxylic acids is 1. The highest BCUT2D eigenvalue weighted by Crippen LogP contribution is 2.31. The molecule has 0 aromatic carbocycles. The van der Waals surface area contributed by atoms with Crippen LogP contribution >= 0.6 is 11.8 Å². The number of nitrogens with one attached hydrogen (secondary N) is 1. The van der Waals surface area contributed by atoms with Gasteiger partial charge in [0.1, 0.15) is 6.04 Å². The first-order valence-electron chi connectivity index (χ1n) is 11.9. The number of methoxy groups -OCH3 is 1. The second-order valence-corrected chi connectivity index (χ2v) is 9.52. The van der Waals surface area contributed by atoms with Gasteiger partial charge in [0.05, 0.1) is 26.0 Å². The van der Waals surface area contributed by atoms with E-state index in [0.29, 0.717) is 18.9 Å². The van der Waals surface area contributed by atoms with Gasteiger partial charge in [0.25, 0.3) is 0 Å². The number of allylic oxidation sites excluding steroid dienone is 4. The van der Waals surface area contributed by atoms with Crippen LogP contribution in [-0.4, -0.2) is 50.3 Å². The predicted octanol–water partition coefficient (Wildman–Crippen LogP) is 6.32. The number of ether oxygens (including phenoxy) is 2. The van der Waals surface area contributed by atoms with Crippen molar-refractivity contribution >= 4 is 23.4 Å². The smallest absolute Gasteiger partial charge is 0.323 e. The lowest BCUT2D eigenvalue weighted by Crippen LogP contribution is -2.42. The maximum absolute atomic E-state index is 12.3. The minimum Gasteiger partial charge on any atom is -0.501 e. The molecule has 1 saturated heterocycles. The Hall–Kier alpha value is -1.53. The fourth-order valence-electron chi connectivity index (χ4n) is 3.13. The van der Waals surface area contributed by atoms with Crippen molar-refractivity contribution in [3.8, 4) is 0 Å². The second kappa shape index (κ2) is 17.0. The molecule has 1 unspecified atom stereocenters. The standard InChI is InChI=1S/C24H40N2O3S.C2H6/c1-8-10-20(12-11-18(3)28-7)16-26-21-15-24(5,6)13-14-25-22(17-30-19(21)4)23(27)29-9-2;1-2/h11-12,22,25H,4,8-10,13-17H2,1-3,5-7H3;1-2H3/b18-11+,20-12+,26-21?;. The van der Waals surface area contributed by atoms with Gasteiger partial charge in [-0.2, -0.15) is 0 Å². The predicted molar refractivity (Wildman–Crippen MR) is 140 cm³/mol. The van der Waals surface area contributed by atoms with Gasteiger partial charge in [-0.1, -0.05) is 53.7 Å². The fraction of sp³-hybridized carbons (Fsp3) is 0.692. The summed E-state index contributed by atoms with van der Waals surface area (Å²) in [5, 5.41) is 3.36. The van der Waals surface area contributed by atoms with Crippen LogP contribution in [0.2, 0.25) is 0 Å². The topological polar surface area (TPSA) is 59.9 Å². The van der Waals surface area contributed by atoms with Crippen LogP contribution in [0.15, 0.2) is 40.0 Å². The van der Waals surface area contributed by atoms with Crippen molar-refractivity contribution in [3.63, 3.8) is 0 Å². The molecule has 0 bridgehead atoms. The van der Waals surface area contributed by atoms with Crippen molar-refractivity contribution in [1.29, 1.82) is 0 Å². The van der Waals surface area contributed by atoms with Gasteiger partial charge in [-0.05, 0) is 56.7 Å². The summed E-state index contributed by atoms with van der Waals surface area (Å²) < 4.78 is 10.5. The van der Waals surface area contributed by atoms with Crippen molar-refractivity contribution in [2.75, 3.05) is 32.6 Å². The average Bonchev–Trinajstić information content (AvgIpc) is 2.77. The normalized spacial score (nSPS) is 21.4. The molecule has 0 aliphatic carbocycles. The number of hydrogen-bond acceptors (Lipinski definition) is 6. The molecule has 5 nitrogen and oxygen atoms in total. The van der Waals surface area contributed by atoms with Gasteiger partial charge in [0.15, 0.2) is 0 Å². The first kappa shape index (κ1) is 30.5. The van der Waals surface area contributed by atoms with Gasteiger partial charge in [-0.3, -0.25) is 9.79 Å². The molecule has 0 spiro atoms. The third-order valence-corrected chi connectivity index (χ3v) is 6.16. The van der Waals surface area contributed by atoms with Gasteiger partial charge in [-0.25, -0.2) is 0 Å². The van der Waals surface area contributed by atoms with Crippen LogP contribution in [0.5, 0.6) is 0 Å². The summed E-state index contributed by atoms with van der Waals surface area (Å²) in [4.78, 5) is 18.2. The molecular formula is C26H46N2O3S. The summed E-state index contributed by atoms with van der Waals surface area (Å²) in [5.41, 5.74) is 2.39. The molecule has 0 radical (unpaired) electrons. The first-order valence-corrected chi connectivity index (χ1v) is 12.9. The minimum absolute atomic E-state index is 0.0626. The summed E-state index contributed by atoms with van der Waals surface area (Å²) in [6.45, 7) is 20.6. The number of rotatable bonds is 8. The van der Waals surface area contributed by atoms with E-state index in [0.717, 1.165) is 48.6 Å². The van der Waals surface area contributed by atoms with Crippen LogP contribution in [0, 0.1) is 5.41 Å². The summed E-state index contributed by atoms with van der Waals surface area (Å²) >= 11 is 1.59. The van der Waals surface area contributed by atoms with Crippen molar-refractivity contribution < 1.29 is 14.3 Å². The van der Waals surface area contributed by atoms with E-state index >= 15 is 0 Å². The summed E-state index contributed by atoms with van der Waals surface area (Å²) in [7, 11) is 1.68. The van der Waals surface area contributed by atoms with E-state index in [1.54, 1.807) is 18.9 Å². The van der Waals surface area contributed by atoms with Crippen LogP contribution in [0.1, 0.15) is 74.1 Å². The van der Waals surface area contributed by atoms with Gasteiger partial charge in [-0.15, -0.1) is 11.8 Å². The van der Waals surface area contributed by atoms with Crippen molar-refractivity contribution in [1.82, 2.24) is 5.32 Å². The number of nitrogens with zero attached hydrogens (tertiary/aromatic N) is 1. The molecule has 1 N–H and O–H groups in total. The zero-order chi connectivity index (χ0) is 24.6. The van der Waals surface area contributed by atoms with E-state index in [1.807, 2.05) is 33.8 Å². The first-order chi connectivity index (χ1) is 15.2. The van der Waals surface area contributed by atoms with Crippen LogP contribution in [0.3, 0.4) is 0 Å². The molecule has 1 aliphatic rings. The molecule has 0 aromatic rings. The maximum Gasteiger partial charge on any atom is 0.323 e. The van der Waals surface area contributed by atoms with Crippen LogP contribution < -0.4 is 5.32 Å². The molecule has 0 saturated carbocycles. The Labute approximate surface area is 201 Å². The molecule has 0 aromatic heterocycles. The zero-order valence-corrected chi connectivity index (χ0v) is 22.5. The Morgan fingerprint density at radius 1 is 1.31 bits per heavy atom. The number of thioether (sulfide) groups is 1. The van der Waals surface area contributed by atoms with Gasteiger partial charge in [0.2, 0.25) is 0 Å². The highest BCUT2D eigenvalue weighted by Gasteiger charge is 2.27. The van der Waals surface area contributed by atoms with Crippen LogP contribution in [0.25, 0.3) is 0 Å². The van der Waals surface area contributed by atoms with Crippen molar-refractivity contribution in [2.45, 2.75) is 80.2 Å². The minimum atomic E-state index is -0.320. The monoisotopic (exact) mass is 466 g/mol. The Kier molecular flexibility index (Phi) is 16.2. The zero-order valence-electron chi connectivity index (χ0n) is 21.7. The highest BCUT2D eigenvalue weighted by atomic mass is 32.2. The van der Waals surface area contributed by atoms with Crippen molar-refractivity contribution in [2.24, 2.45) is 10.4 Å². The van der Waals surface area contributed by atoms with E-state index in [-0.39, 0.29) is 17.4 Å². The maximum atomic E-state index is 12.3. The lowest BCUT2D eigenvalue weighted by molar-refractivity contribution is -0.145. The fourth-order valence-corrected chi connectivity index (χ4v) is 4.05.